The Bertz CT molecular complexity index is 1140. The molecule has 1 N–H and O–H groups in total. The molecule has 0 aromatic heterocycles. The highest BCUT2D eigenvalue weighted by atomic mass is 16.2. The Hall–Kier alpha value is -3.69. The Balaban J connectivity index is 1.28. The summed E-state index contributed by atoms with van der Waals surface area (Å²) in [5.41, 5.74) is 3.43. The van der Waals surface area contributed by atoms with E-state index in [0.717, 1.165) is 42.7 Å². The van der Waals surface area contributed by atoms with Gasteiger partial charge in [-0.05, 0) is 73.1 Å². The molecule has 1 heterocycles. The fraction of sp³-hybridized carbons (Fsp3) is 0.265. The minimum Gasteiger partial charge on any atom is -0.355 e. The van der Waals surface area contributed by atoms with E-state index in [1.807, 2.05) is 60.7 Å². The van der Waals surface area contributed by atoms with Gasteiger partial charge in [-0.2, -0.15) is 0 Å². The fourth-order valence-electron chi connectivity index (χ4n) is 5.75. The van der Waals surface area contributed by atoms with E-state index in [0.29, 0.717) is 12.5 Å². The van der Waals surface area contributed by atoms with Crippen LogP contribution in [-0.4, -0.2) is 37.0 Å². The molecule has 0 saturated carbocycles. The molecule has 0 unspecified atom stereocenters. The Labute approximate surface area is 221 Å². The van der Waals surface area contributed by atoms with Crippen LogP contribution in [0.2, 0.25) is 0 Å². The highest BCUT2D eigenvalue weighted by Gasteiger charge is 2.43. The molecular formula is C34H35N2O. The maximum Gasteiger partial charge on any atom is 0.239 e. The number of hydrogen-bond donors (Lipinski definition) is 1. The molecule has 0 bridgehead atoms. The molecule has 37 heavy (non-hydrogen) atoms. The van der Waals surface area contributed by atoms with Gasteiger partial charge in [-0.25, -0.2) is 0 Å². The second-order valence-electron chi connectivity index (χ2n) is 9.91. The van der Waals surface area contributed by atoms with Crippen molar-refractivity contribution in [2.75, 3.05) is 26.2 Å². The zero-order chi connectivity index (χ0) is 25.3. The van der Waals surface area contributed by atoms with Gasteiger partial charge in [0.25, 0.3) is 0 Å². The second kappa shape index (κ2) is 12.0. The third kappa shape index (κ3) is 5.52. The van der Waals surface area contributed by atoms with Crippen LogP contribution < -0.4 is 5.32 Å². The summed E-state index contributed by atoms with van der Waals surface area (Å²) in [6.45, 7) is 3.87. The normalized spacial score (nSPS) is 14.8. The van der Waals surface area contributed by atoms with Crippen LogP contribution in [0.1, 0.15) is 47.4 Å². The van der Waals surface area contributed by atoms with Crippen LogP contribution in [0.15, 0.2) is 115 Å². The first-order chi connectivity index (χ1) is 18.3. The lowest BCUT2D eigenvalue weighted by Gasteiger charge is -2.35. The SMILES string of the molecule is O=C(NCCCN1CCC(c2c[c]ccc2)CC1)C(c1ccccc1)(c1ccccc1)c1ccccc1. The monoisotopic (exact) mass is 487 g/mol. The molecule has 0 aliphatic carbocycles. The molecule has 4 aromatic carbocycles. The van der Waals surface area contributed by atoms with Gasteiger partial charge in [0.2, 0.25) is 5.91 Å². The first-order valence-electron chi connectivity index (χ1n) is 13.4. The number of piperidine rings is 1. The van der Waals surface area contributed by atoms with Crippen molar-refractivity contribution in [1.29, 1.82) is 0 Å². The third-order valence-corrected chi connectivity index (χ3v) is 7.69. The van der Waals surface area contributed by atoms with Crippen molar-refractivity contribution in [3.63, 3.8) is 0 Å². The van der Waals surface area contributed by atoms with E-state index in [-0.39, 0.29) is 5.91 Å². The van der Waals surface area contributed by atoms with Crippen molar-refractivity contribution in [3.05, 3.63) is 144 Å². The molecule has 187 valence electrons. The number of carbonyl (C=O) groups is 1. The Morgan fingerprint density at radius 1 is 0.784 bits per heavy atom. The highest BCUT2D eigenvalue weighted by molar-refractivity contribution is 5.96. The quantitative estimate of drug-likeness (QED) is 0.225. The van der Waals surface area contributed by atoms with Gasteiger partial charge in [0.1, 0.15) is 5.41 Å². The van der Waals surface area contributed by atoms with Crippen molar-refractivity contribution in [2.45, 2.75) is 30.6 Å². The number of rotatable bonds is 9. The summed E-state index contributed by atoms with van der Waals surface area (Å²) in [6, 6.07) is 42.1. The van der Waals surface area contributed by atoms with Crippen molar-refractivity contribution < 1.29 is 4.79 Å². The van der Waals surface area contributed by atoms with Gasteiger partial charge in [-0.3, -0.25) is 4.79 Å². The molecule has 1 amide bonds. The van der Waals surface area contributed by atoms with Crippen LogP contribution in [0, 0.1) is 6.07 Å². The van der Waals surface area contributed by atoms with Crippen molar-refractivity contribution in [3.8, 4) is 0 Å². The van der Waals surface area contributed by atoms with Gasteiger partial charge in [-0.1, -0.05) is 115 Å². The molecule has 0 atom stereocenters. The molecule has 3 nitrogen and oxygen atoms in total. The van der Waals surface area contributed by atoms with Crippen molar-refractivity contribution in [2.24, 2.45) is 0 Å². The zero-order valence-electron chi connectivity index (χ0n) is 21.4. The van der Waals surface area contributed by atoms with Crippen LogP contribution in [-0.2, 0) is 10.2 Å². The lowest BCUT2D eigenvalue weighted by molar-refractivity contribution is -0.124. The van der Waals surface area contributed by atoms with E-state index < -0.39 is 5.41 Å². The number of carbonyl (C=O) groups excluding carboxylic acids is 1. The first kappa shape index (κ1) is 25.0. The van der Waals surface area contributed by atoms with Gasteiger partial charge >= 0.3 is 0 Å². The van der Waals surface area contributed by atoms with E-state index in [2.05, 4.69) is 70.9 Å². The number of nitrogens with zero attached hydrogens (tertiary/aromatic N) is 1. The van der Waals surface area contributed by atoms with Crippen LogP contribution in [0.3, 0.4) is 0 Å². The third-order valence-electron chi connectivity index (χ3n) is 7.69. The summed E-state index contributed by atoms with van der Waals surface area (Å²) in [5, 5.41) is 3.32. The predicted molar refractivity (Wildman–Crippen MR) is 151 cm³/mol. The standard InChI is InChI=1S/C34H35N2O/c37-33(35-24-13-25-36-26-22-29(23-27-36)28-14-5-1-6-15-28)34(30-16-7-2-8-17-30,31-18-9-3-10-19-31)32-20-11-4-12-21-32/h1-5,7-12,14-21,29H,13,22-27H2,(H,35,37). The number of benzene rings is 4. The van der Waals surface area contributed by atoms with Crippen LogP contribution in [0.5, 0.6) is 0 Å². The van der Waals surface area contributed by atoms with Crippen molar-refractivity contribution >= 4 is 5.91 Å². The highest BCUT2D eigenvalue weighted by Crippen LogP contribution is 2.39. The molecule has 5 rings (SSSR count). The molecule has 1 aliphatic heterocycles. The average Bonchev–Trinajstić information content (AvgIpc) is 2.98. The van der Waals surface area contributed by atoms with Gasteiger partial charge in [0.15, 0.2) is 0 Å². The Morgan fingerprint density at radius 2 is 1.32 bits per heavy atom. The lowest BCUT2D eigenvalue weighted by atomic mass is 9.68. The Kier molecular flexibility index (Phi) is 8.12. The van der Waals surface area contributed by atoms with E-state index in [1.165, 1.54) is 18.4 Å². The summed E-state index contributed by atoms with van der Waals surface area (Å²) < 4.78 is 0. The molecule has 1 aliphatic rings. The number of hydrogen-bond acceptors (Lipinski definition) is 2. The first-order valence-corrected chi connectivity index (χ1v) is 13.4. The number of nitrogens with one attached hydrogen (secondary N) is 1. The fourth-order valence-corrected chi connectivity index (χ4v) is 5.75. The van der Waals surface area contributed by atoms with Gasteiger partial charge in [-0.15, -0.1) is 0 Å². The number of likely N-dealkylation sites (tertiary alicyclic amines) is 1. The minimum atomic E-state index is -0.908. The average molecular weight is 488 g/mol. The maximum atomic E-state index is 14.2. The lowest BCUT2D eigenvalue weighted by Crippen LogP contribution is -2.47. The zero-order valence-corrected chi connectivity index (χ0v) is 21.4. The summed E-state index contributed by atoms with van der Waals surface area (Å²) in [6.07, 6.45) is 3.30. The molecule has 1 radical (unpaired) electrons. The Morgan fingerprint density at radius 3 is 1.81 bits per heavy atom. The molecule has 4 aromatic rings. The minimum absolute atomic E-state index is 0.0233. The van der Waals surface area contributed by atoms with Gasteiger partial charge in [0, 0.05) is 6.54 Å². The summed E-state index contributed by atoms with van der Waals surface area (Å²) in [5.74, 6) is 0.659. The van der Waals surface area contributed by atoms with Gasteiger partial charge in [0.05, 0.1) is 0 Å². The van der Waals surface area contributed by atoms with Crippen LogP contribution in [0.4, 0.5) is 0 Å². The summed E-state index contributed by atoms with van der Waals surface area (Å²) >= 11 is 0. The molecule has 0 spiro atoms. The van der Waals surface area contributed by atoms with E-state index in [1.54, 1.807) is 0 Å². The second-order valence-corrected chi connectivity index (χ2v) is 9.91. The maximum absolute atomic E-state index is 14.2. The van der Waals surface area contributed by atoms with Crippen molar-refractivity contribution in [1.82, 2.24) is 10.2 Å². The smallest absolute Gasteiger partial charge is 0.239 e. The number of amides is 1. The largest absolute Gasteiger partial charge is 0.355 e. The summed E-state index contributed by atoms with van der Waals surface area (Å²) in [4.78, 5) is 16.7. The predicted octanol–water partition coefficient (Wildman–Crippen LogP) is 6.21. The van der Waals surface area contributed by atoms with E-state index in [4.69, 9.17) is 0 Å². The van der Waals surface area contributed by atoms with Crippen LogP contribution >= 0.6 is 0 Å². The van der Waals surface area contributed by atoms with E-state index in [9.17, 15) is 4.79 Å². The molecule has 1 saturated heterocycles. The molecule has 1 fully saturated rings. The van der Waals surface area contributed by atoms with E-state index >= 15 is 0 Å². The molecule has 3 heteroatoms. The topological polar surface area (TPSA) is 32.3 Å². The molecular weight excluding hydrogens is 452 g/mol. The van der Waals surface area contributed by atoms with Crippen LogP contribution in [0.25, 0.3) is 0 Å². The van der Waals surface area contributed by atoms with Gasteiger partial charge < -0.3 is 10.2 Å². The summed E-state index contributed by atoms with van der Waals surface area (Å²) in [7, 11) is 0.